The van der Waals surface area contributed by atoms with Crippen molar-refractivity contribution in [2.24, 2.45) is 0 Å². The molecule has 0 amide bonds. The van der Waals surface area contributed by atoms with Gasteiger partial charge in [-0.25, -0.2) is 0 Å². The van der Waals surface area contributed by atoms with Crippen LogP contribution < -0.4 is 4.74 Å². The van der Waals surface area contributed by atoms with Crippen LogP contribution in [0.4, 0.5) is 0 Å². The van der Waals surface area contributed by atoms with Crippen LogP contribution in [0.5, 0.6) is 40.2 Å². The summed E-state index contributed by atoms with van der Waals surface area (Å²) in [4.78, 5) is 0. The second-order valence-corrected chi connectivity index (χ2v) is 8.22. The summed E-state index contributed by atoms with van der Waals surface area (Å²) in [6.45, 7) is 0. The zero-order valence-corrected chi connectivity index (χ0v) is 18.5. The minimum absolute atomic E-state index is 0.00281. The van der Waals surface area contributed by atoms with Gasteiger partial charge in [-0.2, -0.15) is 0 Å². The highest BCUT2D eigenvalue weighted by Gasteiger charge is 2.12. The monoisotopic (exact) mass is 458 g/mol. The van der Waals surface area contributed by atoms with Gasteiger partial charge >= 0.3 is 0 Å². The molecule has 6 heteroatoms. The highest BCUT2D eigenvalue weighted by molar-refractivity contribution is 5.51. The minimum Gasteiger partial charge on any atom is -0.508 e. The molecule has 0 aromatic heterocycles. The maximum atomic E-state index is 10.2. The van der Waals surface area contributed by atoms with E-state index in [1.54, 1.807) is 42.5 Å². The Morgan fingerprint density at radius 3 is 1.68 bits per heavy atom. The van der Waals surface area contributed by atoms with E-state index >= 15 is 0 Å². The molecular formula is C28H26O6. The lowest BCUT2D eigenvalue weighted by atomic mass is 10.0. The van der Waals surface area contributed by atoms with Gasteiger partial charge < -0.3 is 30.3 Å². The predicted molar refractivity (Wildman–Crippen MR) is 129 cm³/mol. The van der Waals surface area contributed by atoms with Crippen molar-refractivity contribution in [3.63, 3.8) is 0 Å². The molecule has 0 aliphatic carbocycles. The van der Waals surface area contributed by atoms with Gasteiger partial charge in [0.25, 0.3) is 0 Å². The van der Waals surface area contributed by atoms with Crippen LogP contribution in [0.3, 0.4) is 0 Å². The summed E-state index contributed by atoms with van der Waals surface area (Å²) in [7, 11) is 0. The van der Waals surface area contributed by atoms with Crippen molar-refractivity contribution < 1.29 is 30.3 Å². The number of rotatable bonds is 8. The molecule has 0 spiro atoms. The third-order valence-corrected chi connectivity index (χ3v) is 5.60. The van der Waals surface area contributed by atoms with Crippen molar-refractivity contribution in [1.29, 1.82) is 0 Å². The van der Waals surface area contributed by atoms with Crippen molar-refractivity contribution >= 4 is 0 Å². The second kappa shape index (κ2) is 10.1. The van der Waals surface area contributed by atoms with Crippen LogP contribution >= 0.6 is 0 Å². The first-order valence-electron chi connectivity index (χ1n) is 11.0. The summed E-state index contributed by atoms with van der Waals surface area (Å²) in [5.41, 5.74) is 3.56. The third-order valence-electron chi connectivity index (χ3n) is 5.60. The molecule has 5 N–H and O–H groups in total. The molecule has 0 saturated carbocycles. The topological polar surface area (TPSA) is 110 Å². The fourth-order valence-corrected chi connectivity index (χ4v) is 3.76. The highest BCUT2D eigenvalue weighted by Crippen LogP contribution is 2.37. The predicted octanol–water partition coefficient (Wildman–Crippen LogP) is 5.58. The van der Waals surface area contributed by atoms with Gasteiger partial charge in [-0.15, -0.1) is 0 Å². The first kappa shape index (κ1) is 22.9. The number of benzene rings is 4. The molecule has 0 heterocycles. The summed E-state index contributed by atoms with van der Waals surface area (Å²) in [6, 6.07) is 21.8. The van der Waals surface area contributed by atoms with Crippen LogP contribution in [-0.2, 0) is 25.7 Å². The van der Waals surface area contributed by atoms with Crippen LogP contribution in [0, 0.1) is 0 Å². The number of hydrogen-bond donors (Lipinski definition) is 5. The average Bonchev–Trinajstić information content (AvgIpc) is 2.80. The highest BCUT2D eigenvalue weighted by atomic mass is 16.5. The van der Waals surface area contributed by atoms with Gasteiger partial charge in [0.05, 0.1) is 0 Å². The Labute approximate surface area is 197 Å². The van der Waals surface area contributed by atoms with E-state index < -0.39 is 0 Å². The second-order valence-electron chi connectivity index (χ2n) is 8.22. The van der Waals surface area contributed by atoms with Gasteiger partial charge in [0.1, 0.15) is 28.7 Å². The van der Waals surface area contributed by atoms with Crippen molar-refractivity contribution in [3.8, 4) is 40.2 Å². The van der Waals surface area contributed by atoms with Crippen molar-refractivity contribution in [1.82, 2.24) is 0 Å². The number of ether oxygens (including phenoxy) is 1. The summed E-state index contributed by atoms with van der Waals surface area (Å²) in [5.74, 6) is 0.919. The Hall–Kier alpha value is -4.32. The fraction of sp³-hybridized carbons (Fsp3) is 0.143. The first-order chi connectivity index (χ1) is 16.4. The van der Waals surface area contributed by atoms with E-state index in [9.17, 15) is 25.5 Å². The number of aromatic hydroxyl groups is 5. The van der Waals surface area contributed by atoms with E-state index in [1.165, 1.54) is 12.1 Å². The van der Waals surface area contributed by atoms with Gasteiger partial charge in [-0.3, -0.25) is 0 Å². The molecule has 0 fully saturated rings. The molecular weight excluding hydrogens is 432 g/mol. The zero-order valence-electron chi connectivity index (χ0n) is 18.5. The Kier molecular flexibility index (Phi) is 6.78. The van der Waals surface area contributed by atoms with Gasteiger partial charge in [0.2, 0.25) is 0 Å². The molecule has 0 atom stereocenters. The molecule has 0 saturated heterocycles. The molecule has 4 rings (SSSR count). The maximum Gasteiger partial charge on any atom is 0.169 e. The molecule has 174 valence electrons. The van der Waals surface area contributed by atoms with E-state index in [4.69, 9.17) is 4.74 Å². The Balaban J connectivity index is 1.40. The maximum absolute atomic E-state index is 10.2. The summed E-state index contributed by atoms with van der Waals surface area (Å²) in [6.07, 6.45) is 2.57. The zero-order chi connectivity index (χ0) is 24.1. The van der Waals surface area contributed by atoms with Gasteiger partial charge in [0.15, 0.2) is 11.5 Å². The SMILES string of the molecule is Oc1ccc(CCc2cc(Oc3ccc(CCc4cc(O)cc(O)c4)cc3)c(O)cc2O)cc1. The molecule has 34 heavy (non-hydrogen) atoms. The van der Waals surface area contributed by atoms with Crippen LogP contribution in [0.2, 0.25) is 0 Å². The van der Waals surface area contributed by atoms with Gasteiger partial charge in [0, 0.05) is 12.1 Å². The molecule has 0 aliphatic rings. The number of phenolic OH excluding ortho intramolecular Hbond substituents is 5. The first-order valence-corrected chi connectivity index (χ1v) is 11.0. The van der Waals surface area contributed by atoms with Gasteiger partial charge in [-0.1, -0.05) is 24.3 Å². The normalized spacial score (nSPS) is 10.8. The van der Waals surface area contributed by atoms with E-state index in [0.29, 0.717) is 30.6 Å². The molecule has 4 aromatic carbocycles. The lowest BCUT2D eigenvalue weighted by Crippen LogP contribution is -1.94. The van der Waals surface area contributed by atoms with Crippen LogP contribution in [0.15, 0.2) is 78.9 Å². The van der Waals surface area contributed by atoms with Crippen molar-refractivity contribution in [3.05, 3.63) is 101 Å². The standard InChI is InChI=1S/C28H26O6/c29-22-9-4-19(5-10-22)3-8-21-15-28(27(33)17-26(21)32)34-25-11-6-18(7-12-25)1-2-20-13-23(30)16-24(31)14-20/h4-7,9-17,29-33H,1-3,8H2. The van der Waals surface area contributed by atoms with E-state index in [2.05, 4.69) is 0 Å². The summed E-state index contributed by atoms with van der Waals surface area (Å²) >= 11 is 0. The molecule has 0 radical (unpaired) electrons. The summed E-state index contributed by atoms with van der Waals surface area (Å²) < 4.78 is 5.86. The third kappa shape index (κ3) is 5.92. The molecule has 4 aromatic rings. The van der Waals surface area contributed by atoms with Gasteiger partial charge in [-0.05, 0) is 90.4 Å². The average molecular weight is 459 g/mol. The van der Waals surface area contributed by atoms with E-state index in [0.717, 1.165) is 23.1 Å². The van der Waals surface area contributed by atoms with E-state index in [1.807, 2.05) is 24.3 Å². The quantitative estimate of drug-likeness (QED) is 0.236. The van der Waals surface area contributed by atoms with Crippen LogP contribution in [0.1, 0.15) is 22.3 Å². The summed E-state index contributed by atoms with van der Waals surface area (Å²) in [5, 5.41) is 49.1. The van der Waals surface area contributed by atoms with Crippen LogP contribution in [0.25, 0.3) is 0 Å². The lowest BCUT2D eigenvalue weighted by Gasteiger charge is -2.12. The molecule has 0 bridgehead atoms. The van der Waals surface area contributed by atoms with Crippen molar-refractivity contribution in [2.75, 3.05) is 0 Å². The molecule has 0 unspecified atom stereocenters. The Morgan fingerprint density at radius 1 is 0.471 bits per heavy atom. The molecule has 6 nitrogen and oxygen atoms in total. The smallest absolute Gasteiger partial charge is 0.169 e. The fourth-order valence-electron chi connectivity index (χ4n) is 3.76. The Bertz CT molecular complexity index is 1240. The minimum atomic E-state index is -0.154. The van der Waals surface area contributed by atoms with E-state index in [-0.39, 0.29) is 34.5 Å². The van der Waals surface area contributed by atoms with Crippen molar-refractivity contribution in [2.45, 2.75) is 25.7 Å². The molecule has 0 aliphatic heterocycles. The number of aryl methyl sites for hydroxylation is 4. The number of hydrogen-bond acceptors (Lipinski definition) is 6. The lowest BCUT2D eigenvalue weighted by molar-refractivity contribution is 0.401. The number of phenols is 5. The Morgan fingerprint density at radius 2 is 1.03 bits per heavy atom. The van der Waals surface area contributed by atoms with Crippen LogP contribution in [-0.4, -0.2) is 25.5 Å². The largest absolute Gasteiger partial charge is 0.508 e.